The van der Waals surface area contributed by atoms with E-state index in [2.05, 4.69) is 14.9 Å². The minimum Gasteiger partial charge on any atom is -0.508 e. The highest BCUT2D eigenvalue weighted by Gasteiger charge is 2.23. The second-order valence-electron chi connectivity index (χ2n) is 7.85. The monoisotopic (exact) mass is 426 g/mol. The van der Waals surface area contributed by atoms with Crippen molar-refractivity contribution < 1.29 is 9.90 Å². The Morgan fingerprint density at radius 1 is 0.875 bits per heavy atom. The van der Waals surface area contributed by atoms with Gasteiger partial charge in [0.05, 0.1) is 0 Å². The molecule has 0 radical (unpaired) electrons. The van der Waals surface area contributed by atoms with E-state index in [0.29, 0.717) is 37.3 Å². The van der Waals surface area contributed by atoms with Crippen LogP contribution < -0.4 is 10.5 Å². The number of phenols is 1. The van der Waals surface area contributed by atoms with Crippen LogP contribution in [0.1, 0.15) is 10.4 Å². The second kappa shape index (κ2) is 8.19. The number of nitrogens with one attached hydrogen (secondary N) is 1. The summed E-state index contributed by atoms with van der Waals surface area (Å²) >= 11 is 0. The molecule has 2 N–H and O–H groups in total. The van der Waals surface area contributed by atoms with Crippen molar-refractivity contribution >= 4 is 22.6 Å². The van der Waals surface area contributed by atoms with Crippen LogP contribution >= 0.6 is 0 Å². The van der Waals surface area contributed by atoms with E-state index in [1.54, 1.807) is 36.5 Å². The second-order valence-corrected chi connectivity index (χ2v) is 7.85. The molecule has 5 rings (SSSR count). The number of aromatic nitrogens is 2. The molecular weight excluding hydrogens is 404 g/mol. The molecule has 0 spiro atoms. The molecule has 7 heteroatoms. The fourth-order valence-electron chi connectivity index (χ4n) is 4.03. The average Bonchev–Trinajstić information content (AvgIpc) is 2.84. The first-order chi connectivity index (χ1) is 15.6. The molecule has 0 aliphatic carbocycles. The number of hydrogen-bond donors (Lipinski definition) is 2. The van der Waals surface area contributed by atoms with Crippen LogP contribution in [-0.4, -0.2) is 52.1 Å². The number of hydrogen-bond acceptors (Lipinski definition) is 5. The highest BCUT2D eigenvalue weighted by molar-refractivity contribution is 5.97. The number of carbonyl (C=O) groups excluding carboxylic acids is 1. The molecule has 0 atom stereocenters. The SMILES string of the molecule is O=C(c1ccc2ccc(=O)[nH]c2c1)N1CCN(c2cc(-c3ccc(O)cc3)ccn2)CC1. The number of fused-ring (bicyclic) bond motifs is 1. The lowest BCUT2D eigenvalue weighted by atomic mass is 10.1. The molecule has 1 aliphatic rings. The molecule has 1 fully saturated rings. The van der Waals surface area contributed by atoms with Crippen molar-refractivity contribution in [1.82, 2.24) is 14.9 Å². The van der Waals surface area contributed by atoms with E-state index >= 15 is 0 Å². The van der Waals surface area contributed by atoms with Gasteiger partial charge in [0.1, 0.15) is 11.6 Å². The number of anilines is 1. The smallest absolute Gasteiger partial charge is 0.254 e. The number of amides is 1. The lowest BCUT2D eigenvalue weighted by molar-refractivity contribution is 0.0746. The van der Waals surface area contributed by atoms with Crippen molar-refractivity contribution in [3.8, 4) is 16.9 Å². The van der Waals surface area contributed by atoms with Gasteiger partial charge in [-0.3, -0.25) is 9.59 Å². The molecule has 160 valence electrons. The van der Waals surface area contributed by atoms with Crippen LogP contribution in [0.25, 0.3) is 22.0 Å². The summed E-state index contributed by atoms with van der Waals surface area (Å²) in [7, 11) is 0. The molecule has 2 aromatic carbocycles. The van der Waals surface area contributed by atoms with Gasteiger partial charge in [-0.25, -0.2) is 4.98 Å². The summed E-state index contributed by atoms with van der Waals surface area (Å²) in [6.07, 6.45) is 1.78. The first-order valence-electron chi connectivity index (χ1n) is 10.5. The van der Waals surface area contributed by atoms with Crippen LogP contribution in [0.15, 0.2) is 77.7 Å². The van der Waals surface area contributed by atoms with Gasteiger partial charge >= 0.3 is 0 Å². The van der Waals surface area contributed by atoms with Crippen molar-refractivity contribution in [1.29, 1.82) is 0 Å². The number of rotatable bonds is 3. The van der Waals surface area contributed by atoms with Crippen molar-refractivity contribution in [2.45, 2.75) is 0 Å². The van der Waals surface area contributed by atoms with Crippen molar-refractivity contribution in [3.63, 3.8) is 0 Å². The lowest BCUT2D eigenvalue weighted by Gasteiger charge is -2.35. The van der Waals surface area contributed by atoms with Gasteiger partial charge in [-0.05, 0) is 59.0 Å². The van der Waals surface area contributed by atoms with Gasteiger partial charge in [-0.15, -0.1) is 0 Å². The lowest BCUT2D eigenvalue weighted by Crippen LogP contribution is -2.49. The van der Waals surface area contributed by atoms with E-state index in [9.17, 15) is 14.7 Å². The Balaban J connectivity index is 1.29. The molecule has 3 heterocycles. The number of benzene rings is 2. The van der Waals surface area contributed by atoms with E-state index in [4.69, 9.17) is 0 Å². The molecule has 0 saturated carbocycles. The van der Waals surface area contributed by atoms with Crippen molar-refractivity contribution in [2.24, 2.45) is 0 Å². The fourth-order valence-corrected chi connectivity index (χ4v) is 4.03. The van der Waals surface area contributed by atoms with E-state index in [1.165, 1.54) is 6.07 Å². The predicted octanol–water partition coefficient (Wildman–Crippen LogP) is 3.26. The first kappa shape index (κ1) is 19.8. The fraction of sp³-hybridized carbons (Fsp3) is 0.160. The first-order valence-corrected chi connectivity index (χ1v) is 10.5. The maximum Gasteiger partial charge on any atom is 0.254 e. The Morgan fingerprint density at radius 2 is 1.62 bits per heavy atom. The maximum absolute atomic E-state index is 13.0. The van der Waals surface area contributed by atoms with E-state index in [0.717, 1.165) is 22.3 Å². The van der Waals surface area contributed by atoms with E-state index in [-0.39, 0.29) is 17.2 Å². The van der Waals surface area contributed by atoms with Gasteiger partial charge in [0.25, 0.3) is 5.91 Å². The van der Waals surface area contributed by atoms with Gasteiger partial charge in [-0.2, -0.15) is 0 Å². The molecule has 0 bridgehead atoms. The minimum absolute atomic E-state index is 0.0398. The number of pyridine rings is 2. The minimum atomic E-state index is -0.183. The Kier molecular flexibility index (Phi) is 5.07. The number of nitrogens with zero attached hydrogens (tertiary/aromatic N) is 3. The Hall–Kier alpha value is -4.13. The summed E-state index contributed by atoms with van der Waals surface area (Å²) in [5, 5.41) is 10.4. The third-order valence-electron chi connectivity index (χ3n) is 5.81. The van der Waals surface area contributed by atoms with Crippen LogP contribution in [0.2, 0.25) is 0 Å². The zero-order valence-corrected chi connectivity index (χ0v) is 17.4. The number of piperazine rings is 1. The van der Waals surface area contributed by atoms with Crippen molar-refractivity contribution in [3.05, 3.63) is 88.8 Å². The molecule has 1 amide bonds. The third-order valence-corrected chi connectivity index (χ3v) is 5.81. The number of aromatic hydroxyl groups is 1. The molecule has 0 unspecified atom stereocenters. The Morgan fingerprint density at radius 3 is 2.41 bits per heavy atom. The standard InChI is InChI=1S/C25H22N4O3/c30-21-6-3-17(4-7-21)19-9-10-26-23(16-19)28-11-13-29(14-12-28)25(32)20-2-1-18-5-8-24(31)27-22(18)15-20/h1-10,15-16,30H,11-14H2,(H,27,31). The average molecular weight is 426 g/mol. The summed E-state index contributed by atoms with van der Waals surface area (Å²) in [5.41, 5.74) is 3.09. The molecular formula is C25H22N4O3. The summed E-state index contributed by atoms with van der Waals surface area (Å²) in [6, 6.07) is 19.7. The molecule has 7 nitrogen and oxygen atoms in total. The van der Waals surface area contributed by atoms with Gasteiger partial charge in [0.2, 0.25) is 5.56 Å². The zero-order valence-electron chi connectivity index (χ0n) is 17.4. The summed E-state index contributed by atoms with van der Waals surface area (Å²) in [6.45, 7) is 2.55. The predicted molar refractivity (Wildman–Crippen MR) is 124 cm³/mol. The molecule has 2 aromatic heterocycles. The molecule has 32 heavy (non-hydrogen) atoms. The van der Waals surface area contributed by atoms with Gasteiger partial charge < -0.3 is 19.9 Å². The third kappa shape index (κ3) is 3.92. The van der Waals surface area contributed by atoms with E-state index in [1.807, 2.05) is 35.2 Å². The summed E-state index contributed by atoms with van der Waals surface area (Å²) < 4.78 is 0. The summed E-state index contributed by atoms with van der Waals surface area (Å²) in [5.74, 6) is 1.06. The highest BCUT2D eigenvalue weighted by Crippen LogP contribution is 2.25. The Bertz CT molecular complexity index is 1340. The van der Waals surface area contributed by atoms with Crippen LogP contribution in [-0.2, 0) is 0 Å². The normalized spacial score (nSPS) is 14.0. The highest BCUT2D eigenvalue weighted by atomic mass is 16.3. The topological polar surface area (TPSA) is 89.5 Å². The zero-order chi connectivity index (χ0) is 22.1. The van der Waals surface area contributed by atoms with Gasteiger partial charge in [-0.1, -0.05) is 18.2 Å². The van der Waals surface area contributed by atoms with Gasteiger partial charge in [0.15, 0.2) is 0 Å². The largest absolute Gasteiger partial charge is 0.508 e. The number of phenolic OH excluding ortho intramolecular Hbond substituents is 1. The van der Waals surface area contributed by atoms with Crippen LogP contribution in [0, 0.1) is 0 Å². The quantitative estimate of drug-likeness (QED) is 0.525. The molecule has 1 aliphatic heterocycles. The van der Waals surface area contributed by atoms with Crippen molar-refractivity contribution in [2.75, 3.05) is 31.1 Å². The van der Waals surface area contributed by atoms with E-state index < -0.39 is 0 Å². The Labute approximate surface area is 184 Å². The number of carbonyl (C=O) groups is 1. The van der Waals surface area contributed by atoms with Crippen LogP contribution in [0.4, 0.5) is 5.82 Å². The van der Waals surface area contributed by atoms with Crippen LogP contribution in [0.5, 0.6) is 5.75 Å². The summed E-state index contributed by atoms with van der Waals surface area (Å²) in [4.78, 5) is 35.9. The van der Waals surface area contributed by atoms with Gasteiger partial charge in [0, 0.05) is 49.5 Å². The van der Waals surface area contributed by atoms with Crippen LogP contribution in [0.3, 0.4) is 0 Å². The number of H-pyrrole nitrogens is 1. The number of aromatic amines is 1. The maximum atomic E-state index is 13.0. The molecule has 4 aromatic rings. The molecule has 1 saturated heterocycles.